The summed E-state index contributed by atoms with van der Waals surface area (Å²) in [7, 11) is 9.81. The number of alkyl carbamates (subject to hydrolysis) is 1. The van der Waals surface area contributed by atoms with Gasteiger partial charge < -0.3 is 75.8 Å². The van der Waals surface area contributed by atoms with Crippen LogP contribution in [0.2, 0.25) is 0 Å². The molecule has 13 atom stereocenters. The number of hydrogen-bond donors (Lipinski definition) is 7. The van der Waals surface area contributed by atoms with E-state index in [1.165, 1.54) is 87.7 Å². The number of carbonyl (C=O) groups is 13. The Morgan fingerprint density at radius 2 is 0.933 bits per heavy atom. The minimum absolute atomic E-state index is 0.0300. The van der Waals surface area contributed by atoms with Crippen LogP contribution in [0.1, 0.15) is 222 Å². The zero-order valence-electron chi connectivity index (χ0n) is 69.0. The van der Waals surface area contributed by atoms with Crippen LogP contribution in [0.5, 0.6) is 0 Å². The third-order valence-electron chi connectivity index (χ3n) is 19.4. The van der Waals surface area contributed by atoms with Gasteiger partial charge in [-0.2, -0.15) is 11.8 Å². The fourth-order valence-electron chi connectivity index (χ4n) is 12.9. The summed E-state index contributed by atoms with van der Waals surface area (Å²) in [5, 5.41) is 36.5. The maximum absolute atomic E-state index is 15.6. The molecule has 0 aromatic rings. The molecule has 28 nitrogen and oxygen atoms in total. The number of unbranched alkanes of at least 4 members (excludes halogenated alkanes) is 3. The fraction of sp³-hybridized carbons (Fsp3) is 0.829. The molecule has 0 saturated carbocycles. The number of thioether (sulfide) groups is 1. The van der Waals surface area contributed by atoms with E-state index < -0.39 is 178 Å². The van der Waals surface area contributed by atoms with E-state index in [-0.39, 0.29) is 67.9 Å². The van der Waals surface area contributed by atoms with Crippen molar-refractivity contribution in [1.29, 1.82) is 0 Å². The van der Waals surface area contributed by atoms with Gasteiger partial charge in [-0.25, -0.2) is 4.79 Å². The highest BCUT2D eigenvalue weighted by molar-refractivity contribution is 8.00. The summed E-state index contributed by atoms with van der Waals surface area (Å²) in [5.74, 6) is -11.9. The number of aliphatic carboxylic acids is 1. The molecule has 1 fully saturated rings. The Bertz CT molecular complexity index is 2900. The van der Waals surface area contributed by atoms with Crippen LogP contribution in [0.25, 0.3) is 0 Å². The molecule has 0 aromatic carbocycles. The lowest BCUT2D eigenvalue weighted by Crippen LogP contribution is -2.64. The number of likely N-dealkylation sites (N-methyl/N-ethyl adjacent to an activating group) is 7. The van der Waals surface area contributed by atoms with Gasteiger partial charge in [-0.15, -0.1) is 0 Å². The number of nitrogens with zero attached hydrogens (tertiary/aromatic N) is 7. The Hall–Kier alpha value is -6.78. The summed E-state index contributed by atoms with van der Waals surface area (Å²) in [5.41, 5.74) is -0.673. The van der Waals surface area contributed by atoms with Crippen molar-refractivity contribution < 1.29 is 77.3 Å². The number of hydrogen-bond acceptors (Lipinski definition) is 16. The van der Waals surface area contributed by atoms with Crippen LogP contribution in [0, 0.1) is 41.4 Å². The molecular formula is C76H138N12O16S. The van der Waals surface area contributed by atoms with Crippen molar-refractivity contribution in [3.8, 4) is 0 Å². The molecular weight excluding hydrogens is 1370 g/mol. The second-order valence-corrected chi connectivity index (χ2v) is 34.8. The lowest BCUT2D eigenvalue weighted by Gasteiger charge is -2.41. The molecule has 12 amide bonds. The minimum Gasteiger partial charge on any atom is -0.481 e. The third kappa shape index (κ3) is 30.4. The molecule has 1 saturated heterocycles. The molecule has 0 unspecified atom stereocenters. The predicted octanol–water partition coefficient (Wildman–Crippen LogP) is 6.52. The number of carbonyl (C=O) groups excluding carboxylic acids is 12. The molecule has 604 valence electrons. The van der Waals surface area contributed by atoms with Crippen LogP contribution in [-0.2, 0) is 62.3 Å². The molecule has 1 aliphatic heterocycles. The first-order valence-electron chi connectivity index (χ1n) is 37.9. The van der Waals surface area contributed by atoms with Gasteiger partial charge in [-0.05, 0) is 127 Å². The number of amides is 12. The van der Waals surface area contributed by atoms with Gasteiger partial charge in [0.25, 0.3) is 0 Å². The maximum atomic E-state index is 15.6. The van der Waals surface area contributed by atoms with Crippen LogP contribution in [0.15, 0.2) is 0 Å². The number of carboxylic acid groups (broad SMARTS) is 1. The van der Waals surface area contributed by atoms with E-state index in [0.717, 1.165) is 21.6 Å². The zero-order valence-corrected chi connectivity index (χ0v) is 69.8. The predicted molar refractivity (Wildman–Crippen MR) is 409 cm³/mol. The van der Waals surface area contributed by atoms with Crippen LogP contribution in [-0.4, -0.2) is 266 Å². The van der Waals surface area contributed by atoms with Crippen molar-refractivity contribution in [3.63, 3.8) is 0 Å². The number of carboxylic acids is 1. The zero-order chi connectivity index (χ0) is 81.4. The summed E-state index contributed by atoms with van der Waals surface area (Å²) in [6.07, 6.45) is 1.15. The summed E-state index contributed by atoms with van der Waals surface area (Å²) < 4.78 is 4.34. The summed E-state index contributed by atoms with van der Waals surface area (Å²) in [6.45, 7) is 37.0. The second-order valence-electron chi connectivity index (χ2n) is 33.1. The SMILES string of the molecule is CC[C@@H]1NC(=O)[C@H]([C@H](O)[C@H](C)CCCCCCNC(=O)OC(C)(C)C)N(C)C(=O)[C@H](C(C)C)N(C)C(=O)[C@H](CCC(C)C)N(C)C(=O)[C@H](CC(C)C)N(C)C(=O)[C@H](C)NC(=O)[C@@H](C)NC(=O)[C@@H](CC(C)C)N(C)C(=O)[C@@H](C(C)C)NC(=O)[C@H](CC(C)C)N(C)C(=O)[C@@H](CSC(C)(C)CC(=O)O)N(C)C1=O. The Morgan fingerprint density at radius 1 is 0.486 bits per heavy atom. The van der Waals surface area contributed by atoms with Crippen LogP contribution >= 0.6 is 11.8 Å². The highest BCUT2D eigenvalue weighted by Gasteiger charge is 2.47. The maximum Gasteiger partial charge on any atom is 0.407 e. The second kappa shape index (κ2) is 43.9. The van der Waals surface area contributed by atoms with E-state index >= 15 is 33.6 Å². The van der Waals surface area contributed by atoms with E-state index in [0.29, 0.717) is 45.1 Å². The van der Waals surface area contributed by atoms with Crippen molar-refractivity contribution in [1.82, 2.24) is 60.9 Å². The van der Waals surface area contributed by atoms with Crippen molar-refractivity contribution in [3.05, 3.63) is 0 Å². The van der Waals surface area contributed by atoms with Gasteiger partial charge >= 0.3 is 12.1 Å². The van der Waals surface area contributed by atoms with Gasteiger partial charge in [-0.3, -0.25) is 57.5 Å². The van der Waals surface area contributed by atoms with Gasteiger partial charge in [0.15, 0.2) is 0 Å². The molecule has 0 aliphatic carbocycles. The Labute approximate surface area is 632 Å². The third-order valence-corrected chi connectivity index (χ3v) is 20.8. The largest absolute Gasteiger partial charge is 0.481 e. The van der Waals surface area contributed by atoms with Crippen molar-refractivity contribution in [2.75, 3.05) is 61.6 Å². The van der Waals surface area contributed by atoms with Crippen LogP contribution in [0.4, 0.5) is 4.79 Å². The molecule has 0 spiro atoms. The molecule has 105 heavy (non-hydrogen) atoms. The monoisotopic (exact) mass is 1510 g/mol. The van der Waals surface area contributed by atoms with Gasteiger partial charge in [0.2, 0.25) is 65.0 Å². The van der Waals surface area contributed by atoms with E-state index in [9.17, 15) is 39.0 Å². The average Bonchev–Trinajstić information content (AvgIpc) is 0.806. The Balaban J connectivity index is 4.59. The number of rotatable bonds is 26. The number of aliphatic hydroxyl groups excluding tert-OH is 1. The standard InChI is InChI=1S/C76H138N12O16S/c1-29-52-68(97)86(26)57(42-105-76(20,21)41-58(89)90)71(100)83(23)55(39-45(6)7)65(94)81-59(47(10)11)72(101)84(24)54(38-44(4)5)64(93)78-50(15)63(92)79-51(16)67(96)85(25)56(40-46(8)9)70(99)82(22)53(36-35-43(2)3)69(98)87(27)60(48(12)13)73(102)88(28)61(66(95)80-52)62(91)49(14)34-32-30-31-33-37-77-74(103)104-75(17,18)19/h43-57,59-62,91H,29-42H2,1-28H3,(H,77,103)(H,78,93)(H,79,92)(H,80,95)(H,81,94)(H,89,90)/t49-,50-,51+,52+,53+,54-,55+,56+,57-,59-,60+,61+,62-/m1/s1. The first-order valence-corrected chi connectivity index (χ1v) is 38.9. The van der Waals surface area contributed by atoms with Crippen LogP contribution in [0.3, 0.4) is 0 Å². The van der Waals surface area contributed by atoms with Gasteiger partial charge in [0.1, 0.15) is 72.1 Å². The molecule has 1 rings (SSSR count). The normalized spacial score (nSPS) is 24.9. The quantitative estimate of drug-likeness (QED) is 0.0453. The molecule has 7 N–H and O–H groups in total. The van der Waals surface area contributed by atoms with Crippen molar-refractivity contribution in [2.24, 2.45) is 41.4 Å². The molecule has 1 heterocycles. The van der Waals surface area contributed by atoms with E-state index in [1.54, 1.807) is 76.2 Å². The summed E-state index contributed by atoms with van der Waals surface area (Å²) in [4.78, 5) is 199. The lowest BCUT2D eigenvalue weighted by molar-refractivity contribution is -0.157. The molecule has 0 bridgehead atoms. The van der Waals surface area contributed by atoms with E-state index in [1.807, 2.05) is 55.4 Å². The Kier molecular flexibility index (Phi) is 40.2. The molecule has 1 aliphatic rings. The molecule has 29 heteroatoms. The highest BCUT2D eigenvalue weighted by Crippen LogP contribution is 2.32. The smallest absolute Gasteiger partial charge is 0.407 e. The molecule has 0 radical (unpaired) electrons. The topological polar surface area (TPSA) is 354 Å². The van der Waals surface area contributed by atoms with E-state index in [2.05, 4.69) is 26.6 Å². The Morgan fingerprint density at radius 3 is 1.42 bits per heavy atom. The van der Waals surface area contributed by atoms with Crippen molar-refractivity contribution >= 4 is 88.8 Å². The van der Waals surface area contributed by atoms with Crippen LogP contribution < -0.4 is 26.6 Å². The molecule has 0 aromatic heterocycles. The number of ether oxygens (including phenoxy) is 1. The van der Waals surface area contributed by atoms with E-state index in [4.69, 9.17) is 4.74 Å². The van der Waals surface area contributed by atoms with Gasteiger partial charge in [0.05, 0.1) is 12.5 Å². The fourth-order valence-corrected chi connectivity index (χ4v) is 14.1. The summed E-state index contributed by atoms with van der Waals surface area (Å²) >= 11 is 1.09. The number of aliphatic hydroxyl groups is 1. The van der Waals surface area contributed by atoms with Crippen molar-refractivity contribution in [2.45, 2.75) is 305 Å². The highest BCUT2D eigenvalue weighted by atomic mass is 32.2. The van der Waals surface area contributed by atoms with Gasteiger partial charge in [-0.1, -0.05) is 130 Å². The van der Waals surface area contributed by atoms with Gasteiger partial charge in [0, 0.05) is 66.4 Å². The minimum atomic E-state index is -1.73. The summed E-state index contributed by atoms with van der Waals surface area (Å²) in [6, 6.07) is -14.7. The first kappa shape index (κ1) is 96.2. The lowest BCUT2D eigenvalue weighted by atomic mass is 9.90. The average molecular weight is 1510 g/mol. The number of nitrogens with one attached hydrogen (secondary N) is 5. The first-order chi connectivity index (χ1) is 48.3.